The molecule has 1 aromatic rings. The minimum Gasteiger partial charge on any atom is -0.454 e. The molecule has 0 bridgehead atoms. The van der Waals surface area contributed by atoms with Crippen LogP contribution in [0.4, 0.5) is 0 Å². The third-order valence-electron chi connectivity index (χ3n) is 4.21. The van der Waals surface area contributed by atoms with E-state index in [4.69, 9.17) is 9.47 Å². The van der Waals surface area contributed by atoms with E-state index in [2.05, 4.69) is 12.2 Å². The van der Waals surface area contributed by atoms with E-state index in [1.165, 1.54) is 0 Å². The van der Waals surface area contributed by atoms with Crippen molar-refractivity contribution >= 4 is 5.91 Å². The van der Waals surface area contributed by atoms with Crippen molar-refractivity contribution < 1.29 is 14.3 Å². The van der Waals surface area contributed by atoms with Gasteiger partial charge in [0, 0.05) is 25.6 Å². The van der Waals surface area contributed by atoms with Gasteiger partial charge in [0.25, 0.3) is 0 Å². The smallest absolute Gasteiger partial charge is 0.231 e. The molecule has 0 aromatic heterocycles. The number of amides is 1. The average molecular weight is 290 g/mol. The average Bonchev–Trinajstić information content (AvgIpc) is 2.94. The fraction of sp³-hybridized carbons (Fsp3) is 0.562. The number of hydrogen-bond acceptors (Lipinski definition) is 4. The second kappa shape index (κ2) is 5.93. The number of piperidine rings is 1. The highest BCUT2D eigenvalue weighted by Gasteiger charge is 2.27. The molecule has 2 heterocycles. The second-order valence-corrected chi connectivity index (χ2v) is 5.96. The quantitative estimate of drug-likeness (QED) is 0.921. The van der Waals surface area contributed by atoms with E-state index >= 15 is 0 Å². The van der Waals surface area contributed by atoms with Gasteiger partial charge in [0.15, 0.2) is 11.5 Å². The van der Waals surface area contributed by atoms with Crippen LogP contribution in [0.15, 0.2) is 18.2 Å². The number of carbonyl (C=O) groups is 1. The largest absolute Gasteiger partial charge is 0.454 e. The van der Waals surface area contributed by atoms with Crippen LogP contribution in [0, 0.1) is 5.92 Å². The molecule has 21 heavy (non-hydrogen) atoms. The van der Waals surface area contributed by atoms with Crippen molar-refractivity contribution in [1.82, 2.24) is 10.2 Å². The summed E-state index contributed by atoms with van der Waals surface area (Å²) in [6, 6.07) is 6.27. The molecule has 1 saturated heterocycles. The van der Waals surface area contributed by atoms with E-state index in [9.17, 15) is 4.79 Å². The number of nitrogens with zero attached hydrogens (tertiary/aromatic N) is 1. The van der Waals surface area contributed by atoms with Crippen molar-refractivity contribution in [3.63, 3.8) is 0 Å². The van der Waals surface area contributed by atoms with Crippen molar-refractivity contribution in [3.05, 3.63) is 23.8 Å². The van der Waals surface area contributed by atoms with Crippen LogP contribution in [-0.4, -0.2) is 37.2 Å². The Morgan fingerprint density at radius 1 is 1.38 bits per heavy atom. The standard InChI is InChI=1S/C16H22N2O3/c1-11-7-13(5-6-17-11)16(19)18(2)9-12-3-4-14-15(8-12)21-10-20-14/h3-4,8,11,13,17H,5-7,9-10H2,1-2H3. The van der Waals surface area contributed by atoms with Gasteiger partial charge in [-0.3, -0.25) is 4.79 Å². The number of hydrogen-bond donors (Lipinski definition) is 1. The molecular weight excluding hydrogens is 268 g/mol. The third kappa shape index (κ3) is 3.13. The predicted molar refractivity (Wildman–Crippen MR) is 79.2 cm³/mol. The van der Waals surface area contributed by atoms with Gasteiger partial charge in [-0.2, -0.15) is 0 Å². The van der Waals surface area contributed by atoms with E-state index in [-0.39, 0.29) is 18.6 Å². The fourth-order valence-corrected chi connectivity index (χ4v) is 3.06. The summed E-state index contributed by atoms with van der Waals surface area (Å²) in [6.45, 7) is 3.95. The van der Waals surface area contributed by atoms with Crippen LogP contribution in [0.2, 0.25) is 0 Å². The molecule has 0 saturated carbocycles. The molecule has 3 rings (SSSR count). The fourth-order valence-electron chi connectivity index (χ4n) is 3.06. The van der Waals surface area contributed by atoms with Crippen molar-refractivity contribution in [1.29, 1.82) is 0 Å². The van der Waals surface area contributed by atoms with Crippen molar-refractivity contribution in [2.75, 3.05) is 20.4 Å². The Kier molecular flexibility index (Phi) is 4.01. The van der Waals surface area contributed by atoms with Gasteiger partial charge in [0.2, 0.25) is 12.7 Å². The molecule has 1 fully saturated rings. The topological polar surface area (TPSA) is 50.8 Å². The number of fused-ring (bicyclic) bond motifs is 1. The van der Waals surface area contributed by atoms with Gasteiger partial charge >= 0.3 is 0 Å². The summed E-state index contributed by atoms with van der Waals surface area (Å²) in [5.74, 6) is 1.92. The lowest BCUT2D eigenvalue weighted by atomic mass is 9.92. The summed E-state index contributed by atoms with van der Waals surface area (Å²) in [6.07, 6.45) is 1.85. The van der Waals surface area contributed by atoms with Gasteiger partial charge in [0.1, 0.15) is 0 Å². The van der Waals surface area contributed by atoms with Crippen LogP contribution in [0.3, 0.4) is 0 Å². The van der Waals surface area contributed by atoms with Gasteiger partial charge < -0.3 is 19.7 Å². The van der Waals surface area contributed by atoms with E-state index in [0.717, 1.165) is 36.4 Å². The minimum absolute atomic E-state index is 0.139. The molecule has 114 valence electrons. The molecule has 1 amide bonds. The van der Waals surface area contributed by atoms with Gasteiger partial charge in [-0.1, -0.05) is 6.07 Å². The Labute approximate surface area is 125 Å². The summed E-state index contributed by atoms with van der Waals surface area (Å²) in [4.78, 5) is 14.3. The van der Waals surface area contributed by atoms with Crippen LogP contribution < -0.4 is 14.8 Å². The van der Waals surface area contributed by atoms with Gasteiger partial charge in [-0.05, 0) is 44.0 Å². The van der Waals surface area contributed by atoms with Gasteiger partial charge in [-0.25, -0.2) is 0 Å². The number of benzene rings is 1. The first-order valence-electron chi connectivity index (χ1n) is 7.50. The molecule has 2 atom stereocenters. The molecule has 5 nitrogen and oxygen atoms in total. The van der Waals surface area contributed by atoms with E-state index in [1.807, 2.05) is 30.1 Å². The molecule has 0 aliphatic carbocycles. The normalized spacial score (nSPS) is 23.9. The molecule has 2 unspecified atom stereocenters. The lowest BCUT2D eigenvalue weighted by Gasteiger charge is -2.30. The zero-order chi connectivity index (χ0) is 14.8. The first-order valence-corrected chi connectivity index (χ1v) is 7.50. The Bertz CT molecular complexity index is 532. The summed E-state index contributed by atoms with van der Waals surface area (Å²) < 4.78 is 10.7. The Hall–Kier alpha value is -1.75. The predicted octanol–water partition coefficient (Wildman–Crippen LogP) is 1.76. The van der Waals surface area contributed by atoms with Crippen LogP contribution in [-0.2, 0) is 11.3 Å². The number of carbonyl (C=O) groups excluding carboxylic acids is 1. The molecule has 2 aliphatic heterocycles. The molecule has 1 N–H and O–H groups in total. The Balaban J connectivity index is 1.62. The maximum absolute atomic E-state index is 12.5. The minimum atomic E-state index is 0.139. The highest BCUT2D eigenvalue weighted by atomic mass is 16.7. The lowest BCUT2D eigenvalue weighted by molar-refractivity contribution is -0.135. The van der Waals surface area contributed by atoms with Crippen LogP contribution >= 0.6 is 0 Å². The molecule has 0 spiro atoms. The Morgan fingerprint density at radius 3 is 3.00 bits per heavy atom. The number of nitrogens with one attached hydrogen (secondary N) is 1. The van der Waals surface area contributed by atoms with E-state index in [0.29, 0.717) is 12.6 Å². The summed E-state index contributed by atoms with van der Waals surface area (Å²) in [5.41, 5.74) is 1.07. The van der Waals surface area contributed by atoms with Crippen molar-refractivity contribution in [2.45, 2.75) is 32.4 Å². The first kappa shape index (κ1) is 14.2. The van der Waals surface area contributed by atoms with Crippen LogP contribution in [0.5, 0.6) is 11.5 Å². The number of rotatable bonds is 3. The zero-order valence-electron chi connectivity index (χ0n) is 12.6. The van der Waals surface area contributed by atoms with Crippen molar-refractivity contribution in [2.24, 2.45) is 5.92 Å². The molecule has 5 heteroatoms. The second-order valence-electron chi connectivity index (χ2n) is 5.96. The Morgan fingerprint density at radius 2 is 2.19 bits per heavy atom. The molecular formula is C16H22N2O3. The van der Waals surface area contributed by atoms with Gasteiger partial charge in [0.05, 0.1) is 0 Å². The van der Waals surface area contributed by atoms with Crippen molar-refractivity contribution in [3.8, 4) is 11.5 Å². The summed E-state index contributed by atoms with van der Waals surface area (Å²) in [5, 5.41) is 3.38. The summed E-state index contributed by atoms with van der Waals surface area (Å²) >= 11 is 0. The summed E-state index contributed by atoms with van der Waals surface area (Å²) in [7, 11) is 1.87. The third-order valence-corrected chi connectivity index (χ3v) is 4.21. The van der Waals surface area contributed by atoms with Crippen LogP contribution in [0.1, 0.15) is 25.3 Å². The van der Waals surface area contributed by atoms with Gasteiger partial charge in [-0.15, -0.1) is 0 Å². The van der Waals surface area contributed by atoms with Crippen LogP contribution in [0.25, 0.3) is 0 Å². The number of ether oxygens (including phenoxy) is 2. The SMILES string of the molecule is CC1CC(C(=O)N(C)Cc2ccc3c(c2)OCO3)CCN1. The molecule has 2 aliphatic rings. The lowest BCUT2D eigenvalue weighted by Crippen LogP contribution is -2.42. The van der Waals surface area contributed by atoms with E-state index in [1.54, 1.807) is 0 Å². The maximum atomic E-state index is 12.5. The zero-order valence-corrected chi connectivity index (χ0v) is 12.6. The highest BCUT2D eigenvalue weighted by molar-refractivity contribution is 5.78. The first-order chi connectivity index (χ1) is 10.1. The molecule has 0 radical (unpaired) electrons. The molecule has 1 aromatic carbocycles. The van der Waals surface area contributed by atoms with E-state index < -0.39 is 0 Å². The highest BCUT2D eigenvalue weighted by Crippen LogP contribution is 2.32. The maximum Gasteiger partial charge on any atom is 0.231 e. The monoisotopic (exact) mass is 290 g/mol.